The van der Waals surface area contributed by atoms with Gasteiger partial charge in [0.1, 0.15) is 6.04 Å². The highest BCUT2D eigenvalue weighted by molar-refractivity contribution is 5.88. The first-order valence-corrected chi connectivity index (χ1v) is 9.46. The zero-order valence-electron chi connectivity index (χ0n) is 16.0. The third-order valence-corrected chi connectivity index (χ3v) is 4.75. The van der Waals surface area contributed by atoms with Crippen LogP contribution in [0.1, 0.15) is 29.2 Å². The lowest BCUT2D eigenvalue weighted by molar-refractivity contribution is -0.130. The van der Waals surface area contributed by atoms with Gasteiger partial charge in [0.25, 0.3) is 0 Å². The van der Waals surface area contributed by atoms with Crippen LogP contribution in [-0.4, -0.2) is 38.1 Å². The van der Waals surface area contributed by atoms with E-state index < -0.39 is 6.04 Å². The maximum Gasteiger partial charge on any atom is 0.243 e. The Kier molecular flexibility index (Phi) is 7.17. The van der Waals surface area contributed by atoms with Crippen LogP contribution in [0.2, 0.25) is 0 Å². The predicted octanol–water partition coefficient (Wildman–Crippen LogP) is 2.14. The van der Waals surface area contributed by atoms with Crippen molar-refractivity contribution in [1.82, 2.24) is 10.6 Å². The highest BCUT2D eigenvalue weighted by atomic mass is 16.5. The second-order valence-corrected chi connectivity index (χ2v) is 6.80. The Labute approximate surface area is 165 Å². The second-order valence-electron chi connectivity index (χ2n) is 6.80. The van der Waals surface area contributed by atoms with Crippen LogP contribution in [0.25, 0.3) is 0 Å². The summed E-state index contributed by atoms with van der Waals surface area (Å²) < 4.78 is 10.7. The molecule has 2 aromatic carbocycles. The van der Waals surface area contributed by atoms with Crippen molar-refractivity contribution in [2.24, 2.45) is 0 Å². The molecule has 6 heteroatoms. The lowest BCUT2D eigenvalue weighted by Crippen LogP contribution is -2.48. The van der Waals surface area contributed by atoms with Gasteiger partial charge >= 0.3 is 0 Å². The van der Waals surface area contributed by atoms with Gasteiger partial charge in [-0.05, 0) is 16.7 Å². The molecule has 1 heterocycles. The topological polar surface area (TPSA) is 76.7 Å². The van der Waals surface area contributed by atoms with Crippen molar-refractivity contribution in [3.05, 3.63) is 71.3 Å². The third-order valence-electron chi connectivity index (χ3n) is 4.75. The van der Waals surface area contributed by atoms with E-state index in [0.29, 0.717) is 26.2 Å². The van der Waals surface area contributed by atoms with Gasteiger partial charge in [-0.25, -0.2) is 0 Å². The van der Waals surface area contributed by atoms with Crippen LogP contribution in [0.15, 0.2) is 54.6 Å². The van der Waals surface area contributed by atoms with Gasteiger partial charge in [-0.15, -0.1) is 0 Å². The fourth-order valence-corrected chi connectivity index (χ4v) is 3.31. The van der Waals surface area contributed by atoms with Crippen LogP contribution >= 0.6 is 0 Å². The Hall–Kier alpha value is -2.70. The number of methoxy groups -OCH3 is 1. The first-order chi connectivity index (χ1) is 13.7. The van der Waals surface area contributed by atoms with Crippen LogP contribution in [0.3, 0.4) is 0 Å². The lowest BCUT2D eigenvalue weighted by atomic mass is 10.0. The Morgan fingerprint density at radius 1 is 1.14 bits per heavy atom. The van der Waals surface area contributed by atoms with Crippen molar-refractivity contribution in [3.63, 3.8) is 0 Å². The van der Waals surface area contributed by atoms with E-state index in [9.17, 15) is 9.59 Å². The molecule has 0 saturated carbocycles. The monoisotopic (exact) mass is 382 g/mol. The summed E-state index contributed by atoms with van der Waals surface area (Å²) >= 11 is 0. The first kappa shape index (κ1) is 20.0. The fraction of sp³-hybridized carbons (Fsp3) is 0.364. The number of carbonyl (C=O) groups is 2. The third kappa shape index (κ3) is 5.41. The van der Waals surface area contributed by atoms with E-state index in [0.717, 1.165) is 16.7 Å². The maximum absolute atomic E-state index is 12.6. The van der Waals surface area contributed by atoms with Crippen LogP contribution in [-0.2, 0) is 32.1 Å². The van der Waals surface area contributed by atoms with E-state index >= 15 is 0 Å². The minimum absolute atomic E-state index is 0.188. The summed E-state index contributed by atoms with van der Waals surface area (Å²) in [7, 11) is 1.58. The van der Waals surface area contributed by atoms with Crippen molar-refractivity contribution in [2.45, 2.75) is 31.6 Å². The average Bonchev–Trinajstić information content (AvgIpc) is 3.11. The number of hydrogen-bond donors (Lipinski definition) is 2. The number of nitrogens with one attached hydrogen (secondary N) is 2. The minimum atomic E-state index is -0.650. The number of ether oxygens (including phenoxy) is 2. The van der Waals surface area contributed by atoms with Crippen LogP contribution in [0.4, 0.5) is 0 Å². The van der Waals surface area contributed by atoms with Crippen LogP contribution in [0, 0.1) is 0 Å². The summed E-state index contributed by atoms with van der Waals surface area (Å²) in [6, 6.07) is 16.9. The molecule has 3 rings (SSSR count). The summed E-state index contributed by atoms with van der Waals surface area (Å²) in [5, 5.41) is 5.69. The Morgan fingerprint density at radius 3 is 2.68 bits per heavy atom. The number of fused-ring (bicyclic) bond motifs is 1. The van der Waals surface area contributed by atoms with Crippen LogP contribution in [0.5, 0.6) is 0 Å². The molecule has 2 aromatic rings. The smallest absolute Gasteiger partial charge is 0.243 e. The zero-order valence-corrected chi connectivity index (χ0v) is 16.0. The molecule has 1 aliphatic heterocycles. The average molecular weight is 382 g/mol. The molecule has 1 unspecified atom stereocenters. The van der Waals surface area contributed by atoms with Gasteiger partial charge in [-0.3, -0.25) is 9.59 Å². The Balaban J connectivity index is 1.62. The molecule has 148 valence electrons. The van der Waals surface area contributed by atoms with Gasteiger partial charge in [0.15, 0.2) is 0 Å². The van der Waals surface area contributed by atoms with Crippen LogP contribution < -0.4 is 10.6 Å². The molecule has 0 fully saturated rings. The van der Waals surface area contributed by atoms with E-state index in [1.807, 2.05) is 54.6 Å². The molecule has 0 aromatic heterocycles. The van der Waals surface area contributed by atoms with Gasteiger partial charge in [-0.1, -0.05) is 54.6 Å². The van der Waals surface area contributed by atoms with Gasteiger partial charge in [-0.2, -0.15) is 0 Å². The molecular formula is C22H26N2O4. The van der Waals surface area contributed by atoms with E-state index in [4.69, 9.17) is 9.47 Å². The molecular weight excluding hydrogens is 356 g/mol. The summed E-state index contributed by atoms with van der Waals surface area (Å²) in [5.41, 5.74) is 3.14. The molecule has 0 radical (unpaired) electrons. The highest BCUT2D eigenvalue weighted by Gasteiger charge is 2.27. The van der Waals surface area contributed by atoms with Gasteiger partial charge < -0.3 is 20.1 Å². The summed E-state index contributed by atoms with van der Waals surface area (Å²) in [5.74, 6) is -0.425. The molecule has 0 spiro atoms. The van der Waals surface area contributed by atoms with E-state index in [2.05, 4.69) is 10.6 Å². The van der Waals surface area contributed by atoms with Crippen molar-refractivity contribution >= 4 is 11.8 Å². The quantitative estimate of drug-likeness (QED) is 0.652. The minimum Gasteiger partial charge on any atom is -0.383 e. The summed E-state index contributed by atoms with van der Waals surface area (Å²) in [6.45, 7) is 1.33. The molecule has 0 aliphatic carbocycles. The molecule has 6 nitrogen and oxygen atoms in total. The highest BCUT2D eigenvalue weighted by Crippen LogP contribution is 2.32. The van der Waals surface area contributed by atoms with Crippen molar-refractivity contribution in [2.75, 3.05) is 20.3 Å². The molecule has 28 heavy (non-hydrogen) atoms. The van der Waals surface area contributed by atoms with E-state index in [1.54, 1.807) is 7.11 Å². The molecule has 0 bridgehead atoms. The lowest BCUT2D eigenvalue weighted by Gasteiger charge is -2.20. The van der Waals surface area contributed by atoms with Crippen molar-refractivity contribution in [1.29, 1.82) is 0 Å². The Bertz CT molecular complexity index is 794. The predicted molar refractivity (Wildman–Crippen MR) is 106 cm³/mol. The van der Waals surface area contributed by atoms with E-state index in [-0.39, 0.29) is 24.3 Å². The number of carbonyl (C=O) groups excluding carboxylic acids is 2. The number of rotatable bonds is 9. The van der Waals surface area contributed by atoms with Gasteiger partial charge in [0.05, 0.1) is 25.7 Å². The van der Waals surface area contributed by atoms with Gasteiger partial charge in [0, 0.05) is 20.1 Å². The normalized spacial score (nSPS) is 16.2. The molecule has 2 amide bonds. The largest absolute Gasteiger partial charge is 0.383 e. The van der Waals surface area contributed by atoms with E-state index in [1.165, 1.54) is 0 Å². The maximum atomic E-state index is 12.6. The van der Waals surface area contributed by atoms with Crippen molar-refractivity contribution in [3.8, 4) is 0 Å². The first-order valence-electron chi connectivity index (χ1n) is 9.46. The molecule has 2 N–H and O–H groups in total. The molecule has 0 saturated heterocycles. The number of amides is 2. The molecule has 1 aliphatic rings. The molecule has 2 atom stereocenters. The number of hydrogen-bond acceptors (Lipinski definition) is 4. The zero-order chi connectivity index (χ0) is 19.8. The second kappa shape index (κ2) is 10.0. The summed E-state index contributed by atoms with van der Waals surface area (Å²) in [4.78, 5) is 25.2. The van der Waals surface area contributed by atoms with Gasteiger partial charge in [0.2, 0.25) is 11.8 Å². The number of benzene rings is 2. The SMILES string of the molecule is COCCNC(=O)[C@H](Cc1ccccc1)NC(=O)CC1OCc2ccccc21. The fourth-order valence-electron chi connectivity index (χ4n) is 3.31. The summed E-state index contributed by atoms with van der Waals surface area (Å²) in [6.07, 6.45) is 0.339. The Morgan fingerprint density at radius 2 is 1.89 bits per heavy atom. The standard InChI is InChI=1S/C22H26N2O4/c1-27-12-11-23-22(26)19(13-16-7-3-2-4-8-16)24-21(25)14-20-18-10-6-5-9-17(18)15-28-20/h2-10,19-20H,11-15H2,1H3,(H,23,26)(H,24,25)/t19-,20?/m0/s1. The van der Waals surface area contributed by atoms with Crippen molar-refractivity contribution < 1.29 is 19.1 Å².